The Balaban J connectivity index is 2.87. The van der Waals surface area contributed by atoms with Gasteiger partial charge in [0.2, 0.25) is 23.6 Å². The van der Waals surface area contributed by atoms with Crippen LogP contribution in [0.3, 0.4) is 0 Å². The molecular formula is C18H25N5O7. The van der Waals surface area contributed by atoms with E-state index in [4.69, 9.17) is 11.5 Å². The molecule has 0 aromatic heterocycles. The first-order chi connectivity index (χ1) is 14.0. The third-order valence-electron chi connectivity index (χ3n) is 3.99. The number of carbonyl (C=O) groups excluding carboxylic acids is 4. The van der Waals surface area contributed by atoms with Gasteiger partial charge in [0.25, 0.3) is 0 Å². The van der Waals surface area contributed by atoms with Crippen LogP contribution in [0.4, 0.5) is 0 Å². The molecule has 0 unspecified atom stereocenters. The third kappa shape index (κ3) is 8.14. The zero-order valence-electron chi connectivity index (χ0n) is 16.3. The molecule has 0 bridgehead atoms. The van der Waals surface area contributed by atoms with Crippen molar-refractivity contribution in [3.05, 3.63) is 29.8 Å². The fraction of sp³-hybridized carbons (Fsp3) is 0.389. The summed E-state index contributed by atoms with van der Waals surface area (Å²) in [4.78, 5) is 58.8. The maximum absolute atomic E-state index is 12.5. The van der Waals surface area contributed by atoms with Crippen LogP contribution < -0.4 is 27.4 Å². The summed E-state index contributed by atoms with van der Waals surface area (Å²) in [5, 5.41) is 25.5. The molecule has 164 valence electrons. The zero-order chi connectivity index (χ0) is 22.8. The Morgan fingerprint density at radius 2 is 1.53 bits per heavy atom. The van der Waals surface area contributed by atoms with E-state index in [-0.39, 0.29) is 18.7 Å². The molecule has 9 N–H and O–H groups in total. The van der Waals surface area contributed by atoms with E-state index in [1.165, 1.54) is 31.2 Å². The van der Waals surface area contributed by atoms with E-state index in [0.29, 0.717) is 5.56 Å². The number of phenols is 1. The minimum atomic E-state index is -1.45. The summed E-state index contributed by atoms with van der Waals surface area (Å²) in [6.07, 6.45) is -0.692. The van der Waals surface area contributed by atoms with Crippen molar-refractivity contribution in [1.29, 1.82) is 0 Å². The third-order valence-corrected chi connectivity index (χ3v) is 3.99. The Morgan fingerprint density at radius 3 is 2.03 bits per heavy atom. The highest BCUT2D eigenvalue weighted by molar-refractivity contribution is 5.95. The van der Waals surface area contributed by atoms with Gasteiger partial charge in [0.05, 0.1) is 13.0 Å². The number of aliphatic carboxylic acids is 1. The van der Waals surface area contributed by atoms with Gasteiger partial charge < -0.3 is 37.6 Å². The van der Waals surface area contributed by atoms with Crippen molar-refractivity contribution in [2.45, 2.75) is 37.9 Å². The van der Waals surface area contributed by atoms with E-state index in [0.717, 1.165) is 0 Å². The second-order valence-corrected chi connectivity index (χ2v) is 6.49. The quantitative estimate of drug-likeness (QED) is 0.199. The number of nitrogens with two attached hydrogens (primary N) is 2. The smallest absolute Gasteiger partial charge is 0.326 e. The van der Waals surface area contributed by atoms with Crippen molar-refractivity contribution in [3.63, 3.8) is 0 Å². The van der Waals surface area contributed by atoms with Crippen LogP contribution in [0, 0.1) is 0 Å². The molecule has 4 amide bonds. The molecule has 0 fully saturated rings. The van der Waals surface area contributed by atoms with Gasteiger partial charge in [0, 0.05) is 6.42 Å². The number of primary amides is 1. The monoisotopic (exact) mass is 423 g/mol. The minimum absolute atomic E-state index is 0.00487. The largest absolute Gasteiger partial charge is 0.508 e. The fourth-order valence-corrected chi connectivity index (χ4v) is 2.41. The Morgan fingerprint density at radius 1 is 0.967 bits per heavy atom. The molecule has 1 aromatic rings. The van der Waals surface area contributed by atoms with Gasteiger partial charge in [0.15, 0.2) is 0 Å². The Kier molecular flexibility index (Phi) is 9.23. The normalized spacial score (nSPS) is 13.4. The number of hydrogen-bond acceptors (Lipinski definition) is 7. The molecular weight excluding hydrogens is 398 g/mol. The summed E-state index contributed by atoms with van der Waals surface area (Å²) < 4.78 is 0. The minimum Gasteiger partial charge on any atom is -0.508 e. The summed E-state index contributed by atoms with van der Waals surface area (Å²) in [5.41, 5.74) is 10.8. The van der Waals surface area contributed by atoms with E-state index in [9.17, 15) is 34.2 Å². The standard InChI is InChI=1S/C18H25N5O7/c1-9(21-15(26)8-19)16(27)22-12(7-14(20)25)17(28)23-13(18(29)30)6-10-2-4-11(24)5-3-10/h2-5,9,12-13,24H,6-8,19H2,1H3,(H2,20,25)(H,21,26)(H,22,27)(H,23,28)(H,29,30)/t9-,12-,13-/m0/s1. The Bertz CT molecular complexity index is 797. The van der Waals surface area contributed by atoms with Gasteiger partial charge in [-0.3, -0.25) is 19.2 Å². The molecule has 3 atom stereocenters. The van der Waals surface area contributed by atoms with Crippen LogP contribution in [0.1, 0.15) is 18.9 Å². The molecule has 0 saturated heterocycles. The summed E-state index contributed by atoms with van der Waals surface area (Å²) in [5.74, 6) is -4.58. The van der Waals surface area contributed by atoms with Gasteiger partial charge in [0.1, 0.15) is 23.9 Å². The lowest BCUT2D eigenvalue weighted by Gasteiger charge is -2.22. The van der Waals surface area contributed by atoms with Gasteiger partial charge in [-0.05, 0) is 24.6 Å². The molecule has 12 heteroatoms. The van der Waals surface area contributed by atoms with Crippen molar-refractivity contribution in [2.75, 3.05) is 6.54 Å². The zero-order valence-corrected chi connectivity index (χ0v) is 16.3. The maximum atomic E-state index is 12.5. The number of carbonyl (C=O) groups is 5. The lowest BCUT2D eigenvalue weighted by Crippen LogP contribution is -2.56. The number of nitrogens with one attached hydrogen (secondary N) is 3. The van der Waals surface area contributed by atoms with Crippen LogP contribution in [0.15, 0.2) is 24.3 Å². The number of rotatable bonds is 11. The lowest BCUT2D eigenvalue weighted by molar-refractivity contribution is -0.142. The molecule has 30 heavy (non-hydrogen) atoms. The number of carboxylic acids is 1. The van der Waals surface area contributed by atoms with Gasteiger partial charge in [-0.1, -0.05) is 12.1 Å². The molecule has 0 aliphatic heterocycles. The highest BCUT2D eigenvalue weighted by atomic mass is 16.4. The van der Waals surface area contributed by atoms with Crippen LogP contribution in [0.25, 0.3) is 0 Å². The number of aromatic hydroxyl groups is 1. The lowest BCUT2D eigenvalue weighted by atomic mass is 10.0. The van der Waals surface area contributed by atoms with Crippen LogP contribution in [-0.2, 0) is 30.4 Å². The summed E-state index contributed by atoms with van der Waals surface area (Å²) in [6.45, 7) is 0.993. The maximum Gasteiger partial charge on any atom is 0.326 e. The highest BCUT2D eigenvalue weighted by Gasteiger charge is 2.29. The number of benzene rings is 1. The summed E-state index contributed by atoms with van der Waals surface area (Å²) >= 11 is 0. The number of amides is 4. The van der Waals surface area contributed by atoms with Crippen LogP contribution >= 0.6 is 0 Å². The van der Waals surface area contributed by atoms with E-state index in [1.807, 2.05) is 0 Å². The van der Waals surface area contributed by atoms with Crippen molar-refractivity contribution in [2.24, 2.45) is 11.5 Å². The summed E-state index contributed by atoms with van der Waals surface area (Å²) in [6, 6.07) is 1.82. The predicted octanol–water partition coefficient (Wildman–Crippen LogP) is -2.67. The number of phenolic OH excluding ortho intramolecular Hbond substituents is 1. The molecule has 0 aliphatic carbocycles. The van der Waals surface area contributed by atoms with Gasteiger partial charge in [-0.25, -0.2) is 4.79 Å². The molecule has 0 aliphatic rings. The molecule has 1 aromatic carbocycles. The average Bonchev–Trinajstić information content (AvgIpc) is 2.67. The first-order valence-electron chi connectivity index (χ1n) is 8.92. The first-order valence-corrected chi connectivity index (χ1v) is 8.92. The Hall–Kier alpha value is -3.67. The molecule has 0 heterocycles. The van der Waals surface area contributed by atoms with Crippen LogP contribution in [0.5, 0.6) is 5.75 Å². The highest BCUT2D eigenvalue weighted by Crippen LogP contribution is 2.11. The van der Waals surface area contributed by atoms with Crippen molar-refractivity contribution >= 4 is 29.6 Å². The van der Waals surface area contributed by atoms with Crippen LogP contribution in [0.2, 0.25) is 0 Å². The van der Waals surface area contributed by atoms with Gasteiger partial charge in [-0.2, -0.15) is 0 Å². The predicted molar refractivity (Wildman–Crippen MR) is 104 cm³/mol. The topological polar surface area (TPSA) is 214 Å². The second kappa shape index (κ2) is 11.4. The second-order valence-electron chi connectivity index (χ2n) is 6.49. The first kappa shape index (κ1) is 24.4. The van der Waals surface area contributed by atoms with Crippen LogP contribution in [-0.4, -0.2) is 64.5 Å². The molecule has 12 nitrogen and oxygen atoms in total. The molecule has 0 saturated carbocycles. The Labute approximate surface area is 172 Å². The van der Waals surface area contributed by atoms with Gasteiger partial charge in [-0.15, -0.1) is 0 Å². The van der Waals surface area contributed by atoms with E-state index in [1.54, 1.807) is 0 Å². The van der Waals surface area contributed by atoms with E-state index in [2.05, 4.69) is 16.0 Å². The average molecular weight is 423 g/mol. The molecule has 0 spiro atoms. The van der Waals surface area contributed by atoms with Crippen molar-refractivity contribution in [1.82, 2.24) is 16.0 Å². The van der Waals surface area contributed by atoms with E-state index >= 15 is 0 Å². The van der Waals surface area contributed by atoms with E-state index < -0.39 is 54.1 Å². The molecule has 0 radical (unpaired) electrons. The van der Waals surface area contributed by atoms with Gasteiger partial charge >= 0.3 is 5.97 Å². The number of carboxylic acid groups (broad SMARTS) is 1. The summed E-state index contributed by atoms with van der Waals surface area (Å²) in [7, 11) is 0. The number of hydrogen-bond donors (Lipinski definition) is 7. The fourth-order valence-electron chi connectivity index (χ4n) is 2.41. The van der Waals surface area contributed by atoms with Crippen molar-refractivity contribution in [3.8, 4) is 5.75 Å². The molecule has 1 rings (SSSR count). The SMILES string of the molecule is C[C@H](NC(=O)CN)C(=O)N[C@@H](CC(N)=O)C(=O)N[C@@H](Cc1ccc(O)cc1)C(=O)O. The van der Waals surface area contributed by atoms with Crippen molar-refractivity contribution < 1.29 is 34.2 Å².